The quantitative estimate of drug-likeness (QED) is 0.572. The van der Waals surface area contributed by atoms with E-state index in [2.05, 4.69) is 25.5 Å². The van der Waals surface area contributed by atoms with Gasteiger partial charge in [-0.3, -0.25) is 0 Å². The maximum absolute atomic E-state index is 6.25. The first-order valence-electron chi connectivity index (χ1n) is 7.68. The van der Waals surface area contributed by atoms with Crippen LogP contribution in [0.4, 0.5) is 0 Å². The molecule has 0 N–H and O–H groups in total. The van der Waals surface area contributed by atoms with Crippen molar-refractivity contribution in [3.63, 3.8) is 0 Å². The minimum atomic E-state index is 0.719. The number of nitrogens with zero attached hydrogens (tertiary/aromatic N) is 2. The Morgan fingerprint density at radius 1 is 1.09 bits per heavy atom. The van der Waals surface area contributed by atoms with Gasteiger partial charge in [0.15, 0.2) is 5.16 Å². The first-order valence-corrected chi connectivity index (χ1v) is 9.42. The van der Waals surface area contributed by atoms with Crippen LogP contribution in [-0.2, 0) is 25.6 Å². The molecular weight excluding hydrogens is 335 g/mol. The van der Waals surface area contributed by atoms with E-state index in [0.717, 1.165) is 52.2 Å². The summed E-state index contributed by atoms with van der Waals surface area (Å²) in [5, 5.41) is 2.48. The number of hydrogen-bond acceptors (Lipinski definition) is 2. The molecule has 0 aliphatic carbocycles. The Kier molecular flexibility index (Phi) is 6.66. The molecule has 1 heterocycles. The lowest BCUT2D eigenvalue weighted by Gasteiger charge is -2.08. The Morgan fingerprint density at radius 2 is 1.73 bits per heavy atom. The predicted octanol–water partition coefficient (Wildman–Crippen LogP) is 5.92. The standard InChI is InChI=1S/C17H22Cl2N2S/c1-4-7-15-16(8-5-2)21(3)17(20-15)22-11-12-13(18)9-6-10-14(12)19/h6,9-10H,4-5,7-8,11H2,1-3H3. The number of rotatable bonds is 7. The van der Waals surface area contributed by atoms with Crippen molar-refractivity contribution in [3.05, 3.63) is 45.2 Å². The first kappa shape index (κ1) is 17.7. The van der Waals surface area contributed by atoms with Gasteiger partial charge in [-0.2, -0.15) is 0 Å². The maximum Gasteiger partial charge on any atom is 0.168 e. The molecule has 0 aliphatic heterocycles. The van der Waals surface area contributed by atoms with E-state index in [1.165, 1.54) is 11.4 Å². The minimum Gasteiger partial charge on any atom is -0.326 e. The van der Waals surface area contributed by atoms with E-state index in [-0.39, 0.29) is 0 Å². The van der Waals surface area contributed by atoms with Crippen LogP contribution in [0.2, 0.25) is 10.0 Å². The fourth-order valence-corrected chi connectivity index (χ4v) is 4.24. The normalized spacial score (nSPS) is 11.1. The third-order valence-corrected chi connectivity index (χ3v) is 5.40. The molecule has 0 saturated carbocycles. The van der Waals surface area contributed by atoms with Crippen LogP contribution in [0.1, 0.15) is 43.6 Å². The maximum atomic E-state index is 6.25. The molecule has 0 saturated heterocycles. The summed E-state index contributed by atoms with van der Waals surface area (Å²) in [4.78, 5) is 4.83. The molecule has 2 aromatic rings. The van der Waals surface area contributed by atoms with Crippen molar-refractivity contribution in [1.82, 2.24) is 9.55 Å². The number of benzene rings is 1. The summed E-state index contributed by atoms with van der Waals surface area (Å²) in [6.07, 6.45) is 4.37. The zero-order valence-electron chi connectivity index (χ0n) is 13.3. The Hall–Kier alpha value is -0.640. The van der Waals surface area contributed by atoms with Crippen molar-refractivity contribution in [1.29, 1.82) is 0 Å². The van der Waals surface area contributed by atoms with Gasteiger partial charge >= 0.3 is 0 Å². The number of imidazole rings is 1. The lowest BCUT2D eigenvalue weighted by atomic mass is 10.1. The largest absolute Gasteiger partial charge is 0.326 e. The summed E-state index contributed by atoms with van der Waals surface area (Å²) in [6.45, 7) is 4.40. The van der Waals surface area contributed by atoms with Gasteiger partial charge in [0.05, 0.1) is 5.69 Å². The topological polar surface area (TPSA) is 17.8 Å². The average molecular weight is 357 g/mol. The van der Waals surface area contributed by atoms with Crippen molar-refractivity contribution in [2.24, 2.45) is 7.05 Å². The van der Waals surface area contributed by atoms with Gasteiger partial charge in [-0.15, -0.1) is 0 Å². The first-order chi connectivity index (χ1) is 10.6. The lowest BCUT2D eigenvalue weighted by Crippen LogP contribution is -2.00. The molecular formula is C17H22Cl2N2S. The molecule has 22 heavy (non-hydrogen) atoms. The van der Waals surface area contributed by atoms with Crippen molar-refractivity contribution in [3.8, 4) is 0 Å². The van der Waals surface area contributed by atoms with E-state index in [1.807, 2.05) is 18.2 Å². The molecule has 0 unspecified atom stereocenters. The zero-order chi connectivity index (χ0) is 16.1. The smallest absolute Gasteiger partial charge is 0.168 e. The predicted molar refractivity (Wildman–Crippen MR) is 97.2 cm³/mol. The number of aryl methyl sites for hydroxylation is 1. The lowest BCUT2D eigenvalue weighted by molar-refractivity contribution is 0.718. The van der Waals surface area contributed by atoms with Crippen LogP contribution in [0.3, 0.4) is 0 Å². The Bertz CT molecular complexity index is 618. The van der Waals surface area contributed by atoms with Crippen LogP contribution in [0.25, 0.3) is 0 Å². The molecule has 0 aliphatic rings. The molecule has 0 fully saturated rings. The molecule has 0 atom stereocenters. The summed E-state index contributed by atoms with van der Waals surface area (Å²) in [6, 6.07) is 5.64. The highest BCUT2D eigenvalue weighted by Gasteiger charge is 2.15. The summed E-state index contributed by atoms with van der Waals surface area (Å²) >= 11 is 14.2. The molecule has 0 bridgehead atoms. The Balaban J connectivity index is 2.21. The Labute approximate surface area is 147 Å². The summed E-state index contributed by atoms with van der Waals surface area (Å²) in [7, 11) is 2.10. The highest BCUT2D eigenvalue weighted by atomic mass is 35.5. The summed E-state index contributed by atoms with van der Waals surface area (Å²) in [5.74, 6) is 0.737. The molecule has 1 aromatic carbocycles. The van der Waals surface area contributed by atoms with Gasteiger partial charge in [-0.05, 0) is 30.5 Å². The minimum absolute atomic E-state index is 0.719. The number of aromatic nitrogens is 2. The van der Waals surface area contributed by atoms with Gasteiger partial charge in [0.2, 0.25) is 0 Å². The third-order valence-electron chi connectivity index (χ3n) is 3.64. The van der Waals surface area contributed by atoms with Gasteiger partial charge < -0.3 is 4.57 Å². The van der Waals surface area contributed by atoms with E-state index in [0.29, 0.717) is 0 Å². The van der Waals surface area contributed by atoms with Gasteiger partial charge in [0, 0.05) is 28.5 Å². The van der Waals surface area contributed by atoms with Crippen LogP contribution in [0.5, 0.6) is 0 Å². The SMILES string of the molecule is CCCc1nc(SCc2c(Cl)cccc2Cl)n(C)c1CCC. The monoisotopic (exact) mass is 356 g/mol. The van der Waals surface area contributed by atoms with Gasteiger partial charge in [0.1, 0.15) is 0 Å². The molecule has 0 amide bonds. The number of halogens is 2. The van der Waals surface area contributed by atoms with Crippen molar-refractivity contribution in [2.45, 2.75) is 50.4 Å². The summed E-state index contributed by atoms with van der Waals surface area (Å²) in [5.41, 5.74) is 3.57. The molecule has 2 nitrogen and oxygen atoms in total. The van der Waals surface area contributed by atoms with E-state index >= 15 is 0 Å². The van der Waals surface area contributed by atoms with Crippen LogP contribution in [0.15, 0.2) is 23.4 Å². The van der Waals surface area contributed by atoms with E-state index in [1.54, 1.807) is 11.8 Å². The second-order valence-electron chi connectivity index (χ2n) is 5.34. The van der Waals surface area contributed by atoms with E-state index in [9.17, 15) is 0 Å². The molecule has 2 rings (SSSR count). The number of hydrogen-bond donors (Lipinski definition) is 0. The summed E-state index contributed by atoms with van der Waals surface area (Å²) < 4.78 is 2.23. The van der Waals surface area contributed by atoms with Gasteiger partial charge in [-0.1, -0.05) is 67.7 Å². The fraction of sp³-hybridized carbons (Fsp3) is 0.471. The second kappa shape index (κ2) is 8.28. The molecule has 1 aromatic heterocycles. The van der Waals surface area contributed by atoms with Crippen LogP contribution >= 0.6 is 35.0 Å². The number of thioether (sulfide) groups is 1. The zero-order valence-corrected chi connectivity index (χ0v) is 15.7. The second-order valence-corrected chi connectivity index (χ2v) is 7.09. The van der Waals surface area contributed by atoms with Gasteiger partial charge in [0.25, 0.3) is 0 Å². The Morgan fingerprint density at radius 3 is 2.32 bits per heavy atom. The third kappa shape index (κ3) is 4.01. The fourth-order valence-electron chi connectivity index (χ4n) is 2.49. The van der Waals surface area contributed by atoms with Gasteiger partial charge in [-0.25, -0.2) is 4.98 Å². The van der Waals surface area contributed by atoms with E-state index in [4.69, 9.17) is 28.2 Å². The van der Waals surface area contributed by atoms with E-state index < -0.39 is 0 Å². The van der Waals surface area contributed by atoms with Crippen molar-refractivity contribution < 1.29 is 0 Å². The molecule has 120 valence electrons. The molecule has 0 radical (unpaired) electrons. The molecule has 5 heteroatoms. The highest BCUT2D eigenvalue weighted by Crippen LogP contribution is 2.32. The van der Waals surface area contributed by atoms with Crippen molar-refractivity contribution >= 4 is 35.0 Å². The highest BCUT2D eigenvalue weighted by molar-refractivity contribution is 7.98. The average Bonchev–Trinajstić information content (AvgIpc) is 2.77. The van der Waals surface area contributed by atoms with Crippen LogP contribution < -0.4 is 0 Å². The molecule has 0 spiro atoms. The van der Waals surface area contributed by atoms with Crippen molar-refractivity contribution in [2.75, 3.05) is 0 Å². The van der Waals surface area contributed by atoms with Crippen LogP contribution in [0, 0.1) is 0 Å². The van der Waals surface area contributed by atoms with Crippen LogP contribution in [-0.4, -0.2) is 9.55 Å².